The molecular formula is C27H28BrN3O5. The van der Waals surface area contributed by atoms with Crippen molar-refractivity contribution in [3.63, 3.8) is 0 Å². The van der Waals surface area contributed by atoms with Crippen LogP contribution in [0.25, 0.3) is 17.0 Å². The zero-order chi connectivity index (χ0) is 25.6. The minimum Gasteiger partial charge on any atom is -0.507 e. The van der Waals surface area contributed by atoms with Crippen molar-refractivity contribution in [2.45, 2.75) is 32.9 Å². The molecule has 1 fully saturated rings. The van der Waals surface area contributed by atoms with E-state index in [9.17, 15) is 14.7 Å². The molecule has 0 aliphatic carbocycles. The lowest BCUT2D eigenvalue weighted by Crippen LogP contribution is -2.49. The first kappa shape index (κ1) is 24.4. The molecule has 3 aromatic rings. The number of fused-ring (bicyclic) bond motifs is 2. The summed E-state index contributed by atoms with van der Waals surface area (Å²) in [6, 6.07) is 9.04. The Labute approximate surface area is 217 Å². The number of aromatic nitrogens is 1. The van der Waals surface area contributed by atoms with E-state index in [2.05, 4.69) is 25.8 Å². The number of carbonyl (C=O) groups is 2. The fourth-order valence-corrected chi connectivity index (χ4v) is 4.82. The van der Waals surface area contributed by atoms with Crippen LogP contribution in [0.3, 0.4) is 0 Å². The van der Waals surface area contributed by atoms with E-state index in [1.807, 2.05) is 45.2 Å². The molecule has 8 nitrogen and oxygen atoms in total. The monoisotopic (exact) mass is 553 g/mol. The summed E-state index contributed by atoms with van der Waals surface area (Å²) in [5.74, 6) is 0.466. The summed E-state index contributed by atoms with van der Waals surface area (Å²) >= 11 is 3.49. The Hall–Kier alpha value is -3.30. The smallest absolute Gasteiger partial charge is 0.410 e. The van der Waals surface area contributed by atoms with Crippen molar-refractivity contribution < 1.29 is 24.2 Å². The van der Waals surface area contributed by atoms with Gasteiger partial charge in [0.15, 0.2) is 5.76 Å². The number of piperazine rings is 1. The van der Waals surface area contributed by atoms with Crippen LogP contribution in [0.5, 0.6) is 11.5 Å². The van der Waals surface area contributed by atoms with E-state index < -0.39 is 5.60 Å². The van der Waals surface area contributed by atoms with Crippen LogP contribution in [-0.4, -0.2) is 63.5 Å². The number of phenols is 1. The third-order valence-electron chi connectivity index (χ3n) is 6.28. The van der Waals surface area contributed by atoms with Gasteiger partial charge in [0.05, 0.1) is 11.1 Å². The minimum atomic E-state index is -0.539. The van der Waals surface area contributed by atoms with Crippen LogP contribution in [0.15, 0.2) is 46.8 Å². The Morgan fingerprint density at radius 3 is 2.67 bits per heavy atom. The quantitative estimate of drug-likeness (QED) is 0.427. The van der Waals surface area contributed by atoms with Crippen molar-refractivity contribution in [2.75, 3.05) is 26.2 Å². The zero-order valence-corrected chi connectivity index (χ0v) is 22.0. The third kappa shape index (κ3) is 4.85. The summed E-state index contributed by atoms with van der Waals surface area (Å²) in [5.41, 5.74) is 2.26. The number of nitrogens with one attached hydrogen (secondary N) is 1. The second-order valence-electron chi connectivity index (χ2n) is 10.1. The Kier molecular flexibility index (Phi) is 6.30. The van der Waals surface area contributed by atoms with Crippen LogP contribution < -0.4 is 4.74 Å². The van der Waals surface area contributed by atoms with Gasteiger partial charge in [-0.3, -0.25) is 9.69 Å². The van der Waals surface area contributed by atoms with Crippen molar-refractivity contribution in [2.24, 2.45) is 0 Å². The molecule has 0 atom stereocenters. The van der Waals surface area contributed by atoms with E-state index in [0.29, 0.717) is 49.6 Å². The van der Waals surface area contributed by atoms with Gasteiger partial charge < -0.3 is 24.5 Å². The number of nitrogens with zero attached hydrogens (tertiary/aromatic N) is 2. The van der Waals surface area contributed by atoms with Gasteiger partial charge in [0.25, 0.3) is 0 Å². The van der Waals surface area contributed by atoms with Crippen molar-refractivity contribution in [1.82, 2.24) is 14.8 Å². The van der Waals surface area contributed by atoms with Crippen molar-refractivity contribution in [3.8, 4) is 11.5 Å². The van der Waals surface area contributed by atoms with E-state index >= 15 is 0 Å². The summed E-state index contributed by atoms with van der Waals surface area (Å²) < 4.78 is 12.5. The molecule has 1 amide bonds. The summed E-state index contributed by atoms with van der Waals surface area (Å²) in [5, 5.41) is 11.6. The molecule has 2 aliphatic heterocycles. The Morgan fingerprint density at radius 1 is 1.19 bits per heavy atom. The van der Waals surface area contributed by atoms with Gasteiger partial charge in [0.2, 0.25) is 5.78 Å². The number of carbonyl (C=O) groups excluding carboxylic acids is 2. The summed E-state index contributed by atoms with van der Waals surface area (Å²) in [4.78, 5) is 32.5. The summed E-state index contributed by atoms with van der Waals surface area (Å²) in [6.45, 7) is 8.21. The number of halogens is 1. The number of ketones is 1. The van der Waals surface area contributed by atoms with Gasteiger partial charge in [-0.05, 0) is 57.2 Å². The molecule has 1 aromatic heterocycles. The number of aromatic amines is 1. The van der Waals surface area contributed by atoms with Gasteiger partial charge in [-0.2, -0.15) is 0 Å². The highest BCUT2D eigenvalue weighted by atomic mass is 79.9. The molecule has 0 saturated carbocycles. The first-order chi connectivity index (χ1) is 17.1. The van der Waals surface area contributed by atoms with Crippen LogP contribution in [0, 0.1) is 0 Å². The number of allylic oxidation sites excluding steroid dienone is 1. The van der Waals surface area contributed by atoms with Crippen molar-refractivity contribution in [3.05, 3.63) is 63.5 Å². The summed E-state index contributed by atoms with van der Waals surface area (Å²) in [7, 11) is 0. The average molecular weight is 554 g/mol. The SMILES string of the molecule is CC(C)(C)OC(=O)N1CCN(Cc2c(O)ccc3c2OC(=Cc2c[nH]c4ccc(Br)cc24)C3=O)CC1. The number of hydrogen-bond donors (Lipinski definition) is 2. The molecule has 9 heteroatoms. The second-order valence-corrected chi connectivity index (χ2v) is 11.0. The minimum absolute atomic E-state index is 0.0772. The fourth-order valence-electron chi connectivity index (χ4n) is 4.46. The molecule has 2 aliphatic rings. The normalized spacial score (nSPS) is 17.5. The zero-order valence-electron chi connectivity index (χ0n) is 20.4. The largest absolute Gasteiger partial charge is 0.507 e. The van der Waals surface area contributed by atoms with Gasteiger partial charge in [-0.1, -0.05) is 15.9 Å². The predicted octanol–water partition coefficient (Wildman–Crippen LogP) is 5.30. The highest BCUT2D eigenvalue weighted by Gasteiger charge is 2.33. The first-order valence-corrected chi connectivity index (χ1v) is 12.6. The molecule has 0 spiro atoms. The molecule has 5 rings (SSSR count). The molecule has 1 saturated heterocycles. The number of ether oxygens (including phenoxy) is 2. The maximum absolute atomic E-state index is 13.1. The summed E-state index contributed by atoms with van der Waals surface area (Å²) in [6.07, 6.45) is 3.25. The molecule has 2 aromatic carbocycles. The van der Waals surface area contributed by atoms with Crippen LogP contribution in [0.2, 0.25) is 0 Å². The molecule has 0 unspecified atom stereocenters. The van der Waals surface area contributed by atoms with Gasteiger partial charge in [-0.15, -0.1) is 0 Å². The standard InChI is InChI=1S/C27H28BrN3O5/c1-27(2,3)36-26(34)31-10-8-30(9-11-31)15-20-22(32)7-5-18-24(33)23(35-25(18)20)12-16-14-29-21-6-4-17(28)13-19(16)21/h4-7,12-14,29,32H,8-11,15H2,1-3H3. The van der Waals surface area contributed by atoms with Gasteiger partial charge in [0, 0.05) is 59.9 Å². The van der Waals surface area contributed by atoms with E-state index in [0.717, 1.165) is 20.9 Å². The van der Waals surface area contributed by atoms with Crippen molar-refractivity contribution in [1.29, 1.82) is 0 Å². The Morgan fingerprint density at radius 2 is 1.94 bits per heavy atom. The number of benzene rings is 2. The molecule has 188 valence electrons. The lowest BCUT2D eigenvalue weighted by molar-refractivity contribution is 0.0138. The van der Waals surface area contributed by atoms with E-state index in [1.165, 1.54) is 6.07 Å². The second kappa shape index (κ2) is 9.29. The predicted molar refractivity (Wildman–Crippen MR) is 140 cm³/mol. The molecular weight excluding hydrogens is 526 g/mol. The Balaban J connectivity index is 1.33. The fraction of sp³-hybridized carbons (Fsp3) is 0.333. The highest BCUT2D eigenvalue weighted by molar-refractivity contribution is 9.10. The maximum atomic E-state index is 13.1. The molecule has 0 radical (unpaired) electrons. The van der Waals surface area contributed by atoms with E-state index in [-0.39, 0.29) is 23.4 Å². The van der Waals surface area contributed by atoms with Gasteiger partial charge >= 0.3 is 6.09 Å². The number of amides is 1. The van der Waals surface area contributed by atoms with Crippen LogP contribution in [-0.2, 0) is 11.3 Å². The lowest BCUT2D eigenvalue weighted by atomic mass is 10.0. The average Bonchev–Trinajstić information content (AvgIpc) is 3.36. The highest BCUT2D eigenvalue weighted by Crippen LogP contribution is 2.40. The maximum Gasteiger partial charge on any atom is 0.410 e. The van der Waals surface area contributed by atoms with Gasteiger partial charge in [0.1, 0.15) is 17.1 Å². The van der Waals surface area contributed by atoms with E-state index in [1.54, 1.807) is 17.0 Å². The number of Topliss-reactive ketones (excluding diaryl/α,β-unsaturated/α-hetero) is 1. The first-order valence-electron chi connectivity index (χ1n) is 11.8. The number of H-pyrrole nitrogens is 1. The number of aromatic hydroxyl groups is 1. The topological polar surface area (TPSA) is 95.1 Å². The van der Waals surface area contributed by atoms with Crippen molar-refractivity contribution >= 4 is 44.8 Å². The molecule has 3 heterocycles. The Bertz CT molecular complexity index is 1380. The van der Waals surface area contributed by atoms with Crippen LogP contribution >= 0.6 is 15.9 Å². The molecule has 36 heavy (non-hydrogen) atoms. The molecule has 2 N–H and O–H groups in total. The van der Waals surface area contributed by atoms with Crippen LogP contribution in [0.4, 0.5) is 4.79 Å². The van der Waals surface area contributed by atoms with E-state index in [4.69, 9.17) is 9.47 Å². The number of hydrogen-bond acceptors (Lipinski definition) is 6. The lowest BCUT2D eigenvalue weighted by Gasteiger charge is -2.35. The number of rotatable bonds is 3. The number of phenolic OH excluding ortho intramolecular Hbond substituents is 1. The van der Waals surface area contributed by atoms with Gasteiger partial charge in [-0.25, -0.2) is 4.79 Å². The molecule has 0 bridgehead atoms. The van der Waals surface area contributed by atoms with Crippen LogP contribution in [0.1, 0.15) is 42.3 Å². The third-order valence-corrected chi connectivity index (χ3v) is 6.78.